The Kier molecular flexibility index (Phi) is 3.94. The summed E-state index contributed by atoms with van der Waals surface area (Å²) >= 11 is 0. The number of rotatable bonds is 5. The van der Waals surface area contributed by atoms with Crippen LogP contribution in [0.5, 0.6) is 0 Å². The maximum absolute atomic E-state index is 12.2. The van der Waals surface area contributed by atoms with E-state index in [-0.39, 0.29) is 23.8 Å². The van der Waals surface area contributed by atoms with Crippen molar-refractivity contribution in [3.05, 3.63) is 35.4 Å². The van der Waals surface area contributed by atoms with Crippen molar-refractivity contribution in [2.24, 2.45) is 11.8 Å². The average molecular weight is 301 g/mol. The Balaban J connectivity index is 1.49. The maximum Gasteiger partial charge on any atom is 0.306 e. The molecule has 4 heteroatoms. The highest BCUT2D eigenvalue weighted by Gasteiger charge is 2.45. The summed E-state index contributed by atoms with van der Waals surface area (Å²) in [6.45, 7) is 4.34. The Morgan fingerprint density at radius 1 is 1.14 bits per heavy atom. The van der Waals surface area contributed by atoms with Crippen LogP contribution < -0.4 is 5.32 Å². The molecular formula is C18H23NO3. The number of amides is 1. The zero-order valence-electron chi connectivity index (χ0n) is 13.1. The SMILES string of the molecule is CC(C)c1ccc(C2CC2C(=O)NC2CC(C(=O)O)C2)cc1. The monoisotopic (exact) mass is 301 g/mol. The molecule has 2 aliphatic rings. The third kappa shape index (κ3) is 3.01. The molecule has 0 radical (unpaired) electrons. The van der Waals surface area contributed by atoms with Crippen LogP contribution in [0.4, 0.5) is 0 Å². The van der Waals surface area contributed by atoms with Gasteiger partial charge in [0.25, 0.3) is 0 Å². The molecule has 0 saturated heterocycles. The molecule has 118 valence electrons. The number of hydrogen-bond donors (Lipinski definition) is 2. The minimum Gasteiger partial charge on any atom is -0.481 e. The van der Waals surface area contributed by atoms with E-state index < -0.39 is 5.97 Å². The van der Waals surface area contributed by atoms with Crippen molar-refractivity contribution in [3.8, 4) is 0 Å². The van der Waals surface area contributed by atoms with Gasteiger partial charge in [0, 0.05) is 12.0 Å². The Hall–Kier alpha value is -1.84. The van der Waals surface area contributed by atoms with E-state index in [2.05, 4.69) is 43.4 Å². The molecule has 1 aromatic rings. The first-order valence-electron chi connectivity index (χ1n) is 8.08. The van der Waals surface area contributed by atoms with E-state index in [1.54, 1.807) is 0 Å². The Morgan fingerprint density at radius 2 is 1.77 bits per heavy atom. The van der Waals surface area contributed by atoms with E-state index in [9.17, 15) is 9.59 Å². The summed E-state index contributed by atoms with van der Waals surface area (Å²) in [5, 5.41) is 11.8. The Bertz CT molecular complexity index is 572. The predicted octanol–water partition coefficient (Wildman–Crippen LogP) is 2.89. The van der Waals surface area contributed by atoms with Gasteiger partial charge in [-0.25, -0.2) is 0 Å². The smallest absolute Gasteiger partial charge is 0.306 e. The number of carboxylic acid groups (broad SMARTS) is 1. The van der Waals surface area contributed by atoms with Crippen molar-refractivity contribution in [1.29, 1.82) is 0 Å². The van der Waals surface area contributed by atoms with Gasteiger partial charge in [-0.15, -0.1) is 0 Å². The molecule has 0 spiro atoms. The second-order valence-corrected chi connectivity index (χ2v) is 6.98. The number of nitrogens with one attached hydrogen (secondary N) is 1. The third-order valence-corrected chi connectivity index (χ3v) is 4.99. The van der Waals surface area contributed by atoms with Crippen LogP contribution in [0.25, 0.3) is 0 Å². The summed E-state index contributed by atoms with van der Waals surface area (Å²) in [6.07, 6.45) is 2.05. The number of hydrogen-bond acceptors (Lipinski definition) is 2. The van der Waals surface area contributed by atoms with E-state index >= 15 is 0 Å². The van der Waals surface area contributed by atoms with E-state index in [0.29, 0.717) is 24.7 Å². The van der Waals surface area contributed by atoms with Crippen molar-refractivity contribution < 1.29 is 14.7 Å². The van der Waals surface area contributed by atoms with Crippen molar-refractivity contribution in [2.75, 3.05) is 0 Å². The van der Waals surface area contributed by atoms with Gasteiger partial charge in [-0.05, 0) is 42.2 Å². The molecule has 2 unspecified atom stereocenters. The van der Waals surface area contributed by atoms with Gasteiger partial charge in [-0.3, -0.25) is 9.59 Å². The third-order valence-electron chi connectivity index (χ3n) is 4.99. The molecular weight excluding hydrogens is 278 g/mol. The lowest BCUT2D eigenvalue weighted by Gasteiger charge is -2.32. The Morgan fingerprint density at radius 3 is 2.32 bits per heavy atom. The number of carboxylic acids is 1. The molecule has 0 aliphatic heterocycles. The van der Waals surface area contributed by atoms with Crippen LogP contribution in [0.1, 0.15) is 56.1 Å². The van der Waals surface area contributed by atoms with Crippen LogP contribution in [-0.4, -0.2) is 23.0 Å². The summed E-state index contributed by atoms with van der Waals surface area (Å²) in [5.41, 5.74) is 2.56. The fourth-order valence-corrected chi connectivity index (χ4v) is 3.23. The van der Waals surface area contributed by atoms with Crippen molar-refractivity contribution in [1.82, 2.24) is 5.32 Å². The number of carbonyl (C=O) groups excluding carboxylic acids is 1. The van der Waals surface area contributed by atoms with E-state index in [1.165, 1.54) is 11.1 Å². The molecule has 2 N–H and O–H groups in total. The molecule has 0 heterocycles. The summed E-state index contributed by atoms with van der Waals surface area (Å²) in [7, 11) is 0. The van der Waals surface area contributed by atoms with Gasteiger partial charge in [0.2, 0.25) is 5.91 Å². The van der Waals surface area contributed by atoms with Crippen LogP contribution in [0.2, 0.25) is 0 Å². The quantitative estimate of drug-likeness (QED) is 0.879. The van der Waals surface area contributed by atoms with Gasteiger partial charge in [0.1, 0.15) is 0 Å². The fourth-order valence-electron chi connectivity index (χ4n) is 3.23. The zero-order chi connectivity index (χ0) is 15.9. The second kappa shape index (κ2) is 5.75. The zero-order valence-corrected chi connectivity index (χ0v) is 13.1. The van der Waals surface area contributed by atoms with Gasteiger partial charge < -0.3 is 10.4 Å². The highest BCUT2D eigenvalue weighted by Crippen LogP contribution is 2.48. The maximum atomic E-state index is 12.2. The molecule has 0 bridgehead atoms. The van der Waals surface area contributed by atoms with Crippen LogP contribution in [0.3, 0.4) is 0 Å². The number of carbonyl (C=O) groups is 2. The van der Waals surface area contributed by atoms with Gasteiger partial charge in [0.05, 0.1) is 5.92 Å². The van der Waals surface area contributed by atoms with E-state index in [1.807, 2.05) is 0 Å². The normalized spacial score (nSPS) is 29.8. The summed E-state index contributed by atoms with van der Waals surface area (Å²) in [4.78, 5) is 22.9. The average Bonchev–Trinajstić information content (AvgIpc) is 3.22. The molecule has 22 heavy (non-hydrogen) atoms. The first-order chi connectivity index (χ1) is 10.5. The highest BCUT2D eigenvalue weighted by molar-refractivity contribution is 5.83. The van der Waals surface area contributed by atoms with Crippen LogP contribution in [-0.2, 0) is 9.59 Å². The molecule has 2 fully saturated rings. The topological polar surface area (TPSA) is 66.4 Å². The molecule has 4 nitrogen and oxygen atoms in total. The number of aliphatic carboxylic acids is 1. The lowest BCUT2D eigenvalue weighted by atomic mass is 9.80. The second-order valence-electron chi connectivity index (χ2n) is 6.98. The number of benzene rings is 1. The molecule has 2 aliphatic carbocycles. The van der Waals surface area contributed by atoms with Crippen LogP contribution >= 0.6 is 0 Å². The lowest BCUT2D eigenvalue weighted by molar-refractivity contribution is -0.146. The largest absolute Gasteiger partial charge is 0.481 e. The summed E-state index contributed by atoms with van der Waals surface area (Å²) in [5.74, 6) is -0.0193. The van der Waals surface area contributed by atoms with Crippen LogP contribution in [0, 0.1) is 11.8 Å². The highest BCUT2D eigenvalue weighted by atomic mass is 16.4. The predicted molar refractivity (Wildman–Crippen MR) is 83.7 cm³/mol. The minimum absolute atomic E-state index is 0.0539. The van der Waals surface area contributed by atoms with Crippen LogP contribution in [0.15, 0.2) is 24.3 Å². The summed E-state index contributed by atoms with van der Waals surface area (Å²) in [6, 6.07) is 8.62. The van der Waals surface area contributed by atoms with Gasteiger partial charge in [-0.2, -0.15) is 0 Å². The van der Waals surface area contributed by atoms with Gasteiger partial charge in [0.15, 0.2) is 0 Å². The molecule has 1 aromatic carbocycles. The fraction of sp³-hybridized carbons (Fsp3) is 0.556. The summed E-state index contributed by atoms with van der Waals surface area (Å²) < 4.78 is 0. The van der Waals surface area contributed by atoms with E-state index in [4.69, 9.17) is 5.11 Å². The molecule has 2 saturated carbocycles. The Labute approximate surface area is 130 Å². The molecule has 3 rings (SSSR count). The first-order valence-corrected chi connectivity index (χ1v) is 8.08. The molecule has 2 atom stereocenters. The first kappa shape index (κ1) is 15.1. The minimum atomic E-state index is -0.750. The van der Waals surface area contributed by atoms with Gasteiger partial charge >= 0.3 is 5.97 Å². The van der Waals surface area contributed by atoms with Crippen molar-refractivity contribution >= 4 is 11.9 Å². The van der Waals surface area contributed by atoms with Crippen molar-refractivity contribution in [2.45, 2.75) is 51.0 Å². The lowest BCUT2D eigenvalue weighted by Crippen LogP contribution is -2.47. The molecule has 0 aromatic heterocycles. The van der Waals surface area contributed by atoms with Gasteiger partial charge in [-0.1, -0.05) is 38.1 Å². The van der Waals surface area contributed by atoms with Crippen molar-refractivity contribution in [3.63, 3.8) is 0 Å². The van der Waals surface area contributed by atoms with E-state index in [0.717, 1.165) is 6.42 Å². The standard InChI is InChI=1S/C18H23NO3/c1-10(2)11-3-5-12(6-4-11)15-9-16(15)17(20)19-14-7-13(8-14)18(21)22/h3-6,10,13-16H,7-9H2,1-2H3,(H,19,20)(H,21,22). The molecule has 1 amide bonds.